The number of carbonyl (C=O) groups is 3. The van der Waals surface area contributed by atoms with Gasteiger partial charge in [0.15, 0.2) is 6.10 Å². The van der Waals surface area contributed by atoms with E-state index in [2.05, 4.69) is 27.7 Å². The van der Waals surface area contributed by atoms with Crippen molar-refractivity contribution in [1.82, 2.24) is 0 Å². The molecular weight excluding hydrogens is 649 g/mol. The first-order valence-corrected chi connectivity index (χ1v) is 22.9. The van der Waals surface area contributed by atoms with Crippen LogP contribution in [0.15, 0.2) is 0 Å². The number of hydrogen-bond acceptors (Lipinski definition) is 6. The van der Waals surface area contributed by atoms with E-state index >= 15 is 0 Å². The standard InChI is InChI=1S/C46H88O6/c1-5-7-9-11-13-14-22-27-31-35-39-46(49)52-43(40-50-44(47)37-33-29-24-12-10-8-6-2)41-51-45(48)38-34-30-26-23-20-18-16-15-17-19-21-25-28-32-36-42(3)4/h42-43H,5-41H2,1-4H3/t43-/m0/s1. The molecule has 0 heterocycles. The topological polar surface area (TPSA) is 78.9 Å². The Bertz CT molecular complexity index is 781. The van der Waals surface area contributed by atoms with Crippen molar-refractivity contribution in [2.45, 2.75) is 259 Å². The first-order valence-electron chi connectivity index (χ1n) is 22.9. The van der Waals surface area contributed by atoms with E-state index in [9.17, 15) is 14.4 Å². The molecule has 0 rings (SSSR count). The van der Waals surface area contributed by atoms with E-state index in [0.29, 0.717) is 19.3 Å². The van der Waals surface area contributed by atoms with Gasteiger partial charge in [-0.05, 0) is 25.2 Å². The largest absolute Gasteiger partial charge is 0.462 e. The maximum atomic E-state index is 12.6. The van der Waals surface area contributed by atoms with E-state index in [1.807, 2.05) is 0 Å². The van der Waals surface area contributed by atoms with Crippen LogP contribution in [0.3, 0.4) is 0 Å². The number of ether oxygens (including phenoxy) is 3. The lowest BCUT2D eigenvalue weighted by Gasteiger charge is -2.18. The van der Waals surface area contributed by atoms with Crippen molar-refractivity contribution >= 4 is 17.9 Å². The lowest BCUT2D eigenvalue weighted by atomic mass is 10.0. The fourth-order valence-electron chi connectivity index (χ4n) is 6.80. The van der Waals surface area contributed by atoms with Crippen molar-refractivity contribution in [2.24, 2.45) is 5.92 Å². The highest BCUT2D eigenvalue weighted by atomic mass is 16.6. The summed E-state index contributed by atoms with van der Waals surface area (Å²) in [6, 6.07) is 0. The molecule has 0 aliphatic heterocycles. The van der Waals surface area contributed by atoms with Gasteiger partial charge in [-0.1, -0.05) is 214 Å². The van der Waals surface area contributed by atoms with Gasteiger partial charge in [-0.15, -0.1) is 0 Å². The summed E-state index contributed by atoms with van der Waals surface area (Å²) >= 11 is 0. The molecule has 0 aromatic carbocycles. The molecule has 0 aliphatic rings. The van der Waals surface area contributed by atoms with E-state index in [-0.39, 0.29) is 31.1 Å². The molecule has 0 aromatic rings. The molecule has 1 atom stereocenters. The highest BCUT2D eigenvalue weighted by molar-refractivity contribution is 5.71. The number of rotatable bonds is 41. The molecule has 0 spiro atoms. The molecule has 0 amide bonds. The Morgan fingerprint density at radius 1 is 0.365 bits per heavy atom. The van der Waals surface area contributed by atoms with Gasteiger partial charge in [0.2, 0.25) is 0 Å². The van der Waals surface area contributed by atoms with Gasteiger partial charge in [-0.25, -0.2) is 0 Å². The van der Waals surface area contributed by atoms with Crippen LogP contribution in [-0.2, 0) is 28.6 Å². The Morgan fingerprint density at radius 3 is 0.942 bits per heavy atom. The summed E-state index contributed by atoms with van der Waals surface area (Å²) in [4.78, 5) is 37.5. The van der Waals surface area contributed by atoms with Gasteiger partial charge in [0.05, 0.1) is 0 Å². The zero-order chi connectivity index (χ0) is 38.2. The molecule has 0 fully saturated rings. The maximum Gasteiger partial charge on any atom is 0.306 e. The molecule has 0 aromatic heterocycles. The predicted molar refractivity (Wildman–Crippen MR) is 220 cm³/mol. The van der Waals surface area contributed by atoms with E-state index in [1.54, 1.807) is 0 Å². The van der Waals surface area contributed by atoms with Crippen LogP contribution in [0.2, 0.25) is 0 Å². The van der Waals surface area contributed by atoms with Crippen LogP contribution in [0.5, 0.6) is 0 Å². The molecule has 0 aliphatic carbocycles. The van der Waals surface area contributed by atoms with Gasteiger partial charge in [-0.3, -0.25) is 14.4 Å². The summed E-state index contributed by atoms with van der Waals surface area (Å²) in [7, 11) is 0. The first kappa shape index (κ1) is 50.4. The average molecular weight is 737 g/mol. The average Bonchev–Trinajstić information content (AvgIpc) is 3.12. The maximum absolute atomic E-state index is 12.6. The normalized spacial score (nSPS) is 11.9. The van der Waals surface area contributed by atoms with Crippen molar-refractivity contribution in [3.8, 4) is 0 Å². The Kier molecular flexibility index (Phi) is 39.4. The Balaban J connectivity index is 4.20. The smallest absolute Gasteiger partial charge is 0.306 e. The summed E-state index contributed by atoms with van der Waals surface area (Å²) in [6.45, 7) is 8.96. The highest BCUT2D eigenvalue weighted by Gasteiger charge is 2.19. The van der Waals surface area contributed by atoms with Crippen LogP contribution in [0, 0.1) is 5.92 Å². The molecule has 0 saturated carbocycles. The lowest BCUT2D eigenvalue weighted by molar-refractivity contribution is -0.167. The van der Waals surface area contributed by atoms with E-state index < -0.39 is 6.10 Å². The second-order valence-electron chi connectivity index (χ2n) is 16.2. The number of carbonyl (C=O) groups excluding carboxylic acids is 3. The number of unbranched alkanes of at least 4 members (excludes halogenated alkanes) is 28. The molecule has 0 N–H and O–H groups in total. The second-order valence-corrected chi connectivity index (χ2v) is 16.2. The van der Waals surface area contributed by atoms with Gasteiger partial charge in [-0.2, -0.15) is 0 Å². The van der Waals surface area contributed by atoms with Crippen molar-refractivity contribution < 1.29 is 28.6 Å². The summed E-state index contributed by atoms with van der Waals surface area (Å²) in [5.74, 6) is -0.0165. The van der Waals surface area contributed by atoms with Crippen LogP contribution < -0.4 is 0 Å². The summed E-state index contributed by atoms with van der Waals surface area (Å²) in [5.41, 5.74) is 0. The van der Waals surface area contributed by atoms with Crippen molar-refractivity contribution in [2.75, 3.05) is 13.2 Å². The fraction of sp³-hybridized carbons (Fsp3) is 0.935. The van der Waals surface area contributed by atoms with Crippen LogP contribution >= 0.6 is 0 Å². The van der Waals surface area contributed by atoms with Crippen molar-refractivity contribution in [3.05, 3.63) is 0 Å². The van der Waals surface area contributed by atoms with Crippen LogP contribution in [-0.4, -0.2) is 37.2 Å². The monoisotopic (exact) mass is 737 g/mol. The molecule has 0 unspecified atom stereocenters. The zero-order valence-corrected chi connectivity index (χ0v) is 35.3. The minimum atomic E-state index is -0.757. The van der Waals surface area contributed by atoms with Gasteiger partial charge < -0.3 is 14.2 Å². The predicted octanol–water partition coefficient (Wildman–Crippen LogP) is 14.3. The third-order valence-corrected chi connectivity index (χ3v) is 10.3. The molecule has 308 valence electrons. The molecule has 0 bridgehead atoms. The van der Waals surface area contributed by atoms with Crippen LogP contribution in [0.1, 0.15) is 252 Å². The van der Waals surface area contributed by atoms with E-state index in [4.69, 9.17) is 14.2 Å². The molecule has 6 nitrogen and oxygen atoms in total. The highest BCUT2D eigenvalue weighted by Crippen LogP contribution is 2.16. The SMILES string of the molecule is CCCCCCCCCCCCC(=O)O[C@@H](COC(=O)CCCCCCCCC)COC(=O)CCCCCCCCCCCCCCCCC(C)C. The van der Waals surface area contributed by atoms with Crippen LogP contribution in [0.4, 0.5) is 0 Å². The molecule has 0 saturated heterocycles. The quantitative estimate of drug-likeness (QED) is 0.0353. The van der Waals surface area contributed by atoms with Crippen molar-refractivity contribution in [1.29, 1.82) is 0 Å². The Morgan fingerprint density at radius 2 is 0.635 bits per heavy atom. The second kappa shape index (κ2) is 40.6. The number of hydrogen-bond donors (Lipinski definition) is 0. The van der Waals surface area contributed by atoms with Gasteiger partial charge in [0, 0.05) is 19.3 Å². The van der Waals surface area contributed by atoms with E-state index in [0.717, 1.165) is 63.7 Å². The van der Waals surface area contributed by atoms with Gasteiger partial charge >= 0.3 is 17.9 Å². The third kappa shape index (κ3) is 39.6. The molecule has 52 heavy (non-hydrogen) atoms. The summed E-state index contributed by atoms with van der Waals surface area (Å²) in [5, 5.41) is 0. The number of esters is 3. The summed E-state index contributed by atoms with van der Waals surface area (Å²) < 4.78 is 16.6. The third-order valence-electron chi connectivity index (χ3n) is 10.3. The van der Waals surface area contributed by atoms with Crippen LogP contribution in [0.25, 0.3) is 0 Å². The minimum absolute atomic E-state index is 0.0640. The van der Waals surface area contributed by atoms with E-state index in [1.165, 1.54) is 148 Å². The molecule has 0 radical (unpaired) electrons. The Labute approximate surface area is 323 Å². The fourth-order valence-corrected chi connectivity index (χ4v) is 6.80. The van der Waals surface area contributed by atoms with Crippen molar-refractivity contribution in [3.63, 3.8) is 0 Å². The summed E-state index contributed by atoms with van der Waals surface area (Å²) in [6.07, 6.45) is 39.5. The lowest BCUT2D eigenvalue weighted by Crippen LogP contribution is -2.30. The molecule has 6 heteroatoms. The zero-order valence-electron chi connectivity index (χ0n) is 35.3. The van der Waals surface area contributed by atoms with Gasteiger partial charge in [0.25, 0.3) is 0 Å². The molecular formula is C46H88O6. The minimum Gasteiger partial charge on any atom is -0.462 e. The first-order chi connectivity index (χ1) is 25.4. The Hall–Kier alpha value is -1.59. The van der Waals surface area contributed by atoms with Gasteiger partial charge in [0.1, 0.15) is 13.2 Å².